The van der Waals surface area contributed by atoms with Crippen LogP contribution in [0.2, 0.25) is 0 Å². The first-order chi connectivity index (χ1) is 7.16. The van der Waals surface area contributed by atoms with Gasteiger partial charge in [-0.25, -0.2) is 4.39 Å². The zero-order chi connectivity index (χ0) is 10.8. The van der Waals surface area contributed by atoms with Crippen LogP contribution in [-0.2, 0) is 0 Å². The van der Waals surface area contributed by atoms with E-state index < -0.39 is 11.6 Å². The fourth-order valence-electron chi connectivity index (χ4n) is 1.22. The molecular formula is C11H8FNO2. The molecule has 2 rings (SSSR count). The average molecular weight is 205 g/mol. The van der Waals surface area contributed by atoms with Crippen molar-refractivity contribution in [2.75, 3.05) is 0 Å². The Balaban J connectivity index is 2.45. The summed E-state index contributed by atoms with van der Waals surface area (Å²) in [6.45, 7) is 0. The lowest BCUT2D eigenvalue weighted by Gasteiger charge is -2.01. The van der Waals surface area contributed by atoms with Crippen molar-refractivity contribution < 1.29 is 14.6 Å². The Morgan fingerprint density at radius 3 is 2.47 bits per heavy atom. The van der Waals surface area contributed by atoms with Crippen LogP contribution in [-0.4, -0.2) is 15.2 Å². The Kier molecular flexibility index (Phi) is 2.25. The van der Waals surface area contributed by atoms with E-state index in [1.807, 2.05) is 0 Å². The number of pyridine rings is 1. The van der Waals surface area contributed by atoms with E-state index in [-0.39, 0.29) is 5.75 Å². The van der Waals surface area contributed by atoms with E-state index in [9.17, 15) is 4.39 Å². The normalized spacial score (nSPS) is 10.2. The van der Waals surface area contributed by atoms with Crippen LogP contribution in [0.5, 0.6) is 11.5 Å². The van der Waals surface area contributed by atoms with Gasteiger partial charge in [0.1, 0.15) is 5.75 Å². The molecule has 15 heavy (non-hydrogen) atoms. The summed E-state index contributed by atoms with van der Waals surface area (Å²) in [6, 6.07) is 7.04. The molecule has 2 N–H and O–H groups in total. The molecule has 3 nitrogen and oxygen atoms in total. The first kappa shape index (κ1) is 9.45. The number of benzene rings is 1. The molecule has 0 aliphatic carbocycles. The Hall–Kier alpha value is -2.10. The summed E-state index contributed by atoms with van der Waals surface area (Å²) in [6.07, 6.45) is 1.28. The van der Waals surface area contributed by atoms with Crippen molar-refractivity contribution in [3.63, 3.8) is 0 Å². The maximum atomic E-state index is 13.0. The maximum absolute atomic E-state index is 13.0. The van der Waals surface area contributed by atoms with Gasteiger partial charge in [0.05, 0.1) is 11.9 Å². The second-order valence-corrected chi connectivity index (χ2v) is 3.07. The highest BCUT2D eigenvalue weighted by atomic mass is 19.1. The van der Waals surface area contributed by atoms with Gasteiger partial charge in [0.15, 0.2) is 11.6 Å². The SMILES string of the molecule is Oc1ccc(-c2ccc(O)c(F)c2)nc1. The number of nitrogens with zero attached hydrogens (tertiary/aromatic N) is 1. The number of phenols is 1. The van der Waals surface area contributed by atoms with E-state index in [1.165, 1.54) is 24.4 Å². The molecule has 2 aromatic rings. The lowest BCUT2D eigenvalue weighted by atomic mass is 10.1. The first-order valence-corrected chi connectivity index (χ1v) is 4.31. The minimum Gasteiger partial charge on any atom is -0.506 e. The predicted molar refractivity (Wildman–Crippen MR) is 53.0 cm³/mol. The van der Waals surface area contributed by atoms with Crippen molar-refractivity contribution in [1.82, 2.24) is 4.98 Å². The Bertz CT molecular complexity index is 482. The molecule has 0 aliphatic heterocycles. The highest BCUT2D eigenvalue weighted by molar-refractivity contribution is 5.60. The van der Waals surface area contributed by atoms with Gasteiger partial charge in [0.25, 0.3) is 0 Å². The van der Waals surface area contributed by atoms with Crippen LogP contribution in [0.3, 0.4) is 0 Å². The van der Waals surface area contributed by atoms with Crippen LogP contribution in [0.1, 0.15) is 0 Å². The Morgan fingerprint density at radius 2 is 1.87 bits per heavy atom. The van der Waals surface area contributed by atoms with Gasteiger partial charge < -0.3 is 10.2 Å². The van der Waals surface area contributed by atoms with Gasteiger partial charge in [0, 0.05) is 5.56 Å². The molecule has 0 atom stereocenters. The number of hydrogen-bond donors (Lipinski definition) is 2. The topological polar surface area (TPSA) is 53.4 Å². The Morgan fingerprint density at radius 1 is 1.07 bits per heavy atom. The third kappa shape index (κ3) is 1.88. The zero-order valence-electron chi connectivity index (χ0n) is 7.68. The largest absolute Gasteiger partial charge is 0.506 e. The van der Waals surface area contributed by atoms with Crippen molar-refractivity contribution in [3.05, 3.63) is 42.3 Å². The standard InChI is InChI=1S/C11H8FNO2/c12-9-5-7(1-4-11(9)15)10-3-2-8(14)6-13-10/h1-6,14-15H. The van der Waals surface area contributed by atoms with Crippen LogP contribution in [0.25, 0.3) is 11.3 Å². The highest BCUT2D eigenvalue weighted by Gasteiger charge is 2.04. The van der Waals surface area contributed by atoms with Crippen molar-refractivity contribution in [3.8, 4) is 22.8 Å². The van der Waals surface area contributed by atoms with E-state index >= 15 is 0 Å². The monoisotopic (exact) mass is 205 g/mol. The number of aromatic nitrogens is 1. The summed E-state index contributed by atoms with van der Waals surface area (Å²) >= 11 is 0. The summed E-state index contributed by atoms with van der Waals surface area (Å²) < 4.78 is 13.0. The number of aromatic hydroxyl groups is 2. The van der Waals surface area contributed by atoms with Gasteiger partial charge in [-0.2, -0.15) is 0 Å². The summed E-state index contributed by atoms with van der Waals surface area (Å²) in [7, 11) is 0. The van der Waals surface area contributed by atoms with Gasteiger partial charge in [-0.3, -0.25) is 4.98 Å². The van der Waals surface area contributed by atoms with Gasteiger partial charge >= 0.3 is 0 Å². The number of halogens is 1. The average Bonchev–Trinajstić information content (AvgIpc) is 2.23. The third-order valence-corrected chi connectivity index (χ3v) is 1.99. The summed E-state index contributed by atoms with van der Waals surface area (Å²) in [5, 5.41) is 18.0. The molecule has 1 aromatic heterocycles. The molecule has 0 bridgehead atoms. The summed E-state index contributed by atoms with van der Waals surface area (Å²) in [5.41, 5.74) is 1.08. The van der Waals surface area contributed by atoms with E-state index in [4.69, 9.17) is 10.2 Å². The quantitative estimate of drug-likeness (QED) is 0.751. The molecule has 0 aliphatic rings. The molecule has 1 heterocycles. The van der Waals surface area contributed by atoms with E-state index in [0.717, 1.165) is 0 Å². The molecule has 76 valence electrons. The molecular weight excluding hydrogens is 197 g/mol. The molecule has 0 saturated carbocycles. The van der Waals surface area contributed by atoms with Crippen LogP contribution in [0.4, 0.5) is 4.39 Å². The maximum Gasteiger partial charge on any atom is 0.165 e. The molecule has 0 amide bonds. The summed E-state index contributed by atoms with van der Waals surface area (Å²) in [5.74, 6) is -1.03. The molecule has 0 radical (unpaired) electrons. The Labute approximate surface area is 85.5 Å². The van der Waals surface area contributed by atoms with Gasteiger partial charge in [-0.1, -0.05) is 0 Å². The molecule has 0 spiro atoms. The van der Waals surface area contributed by atoms with Crippen LogP contribution < -0.4 is 0 Å². The molecule has 4 heteroatoms. The van der Waals surface area contributed by atoms with E-state index in [2.05, 4.69) is 4.98 Å². The van der Waals surface area contributed by atoms with Gasteiger partial charge in [-0.15, -0.1) is 0 Å². The molecule has 0 unspecified atom stereocenters. The smallest absolute Gasteiger partial charge is 0.165 e. The van der Waals surface area contributed by atoms with Crippen molar-refractivity contribution >= 4 is 0 Å². The predicted octanol–water partition coefficient (Wildman–Crippen LogP) is 2.30. The molecule has 0 saturated heterocycles. The van der Waals surface area contributed by atoms with Crippen molar-refractivity contribution in [2.45, 2.75) is 0 Å². The second-order valence-electron chi connectivity index (χ2n) is 3.07. The number of rotatable bonds is 1. The minimum absolute atomic E-state index is 0.0537. The second kappa shape index (κ2) is 3.57. The highest BCUT2D eigenvalue weighted by Crippen LogP contribution is 2.24. The van der Waals surface area contributed by atoms with Crippen molar-refractivity contribution in [1.29, 1.82) is 0 Å². The fraction of sp³-hybridized carbons (Fsp3) is 0. The van der Waals surface area contributed by atoms with Crippen LogP contribution in [0.15, 0.2) is 36.5 Å². The van der Waals surface area contributed by atoms with Gasteiger partial charge in [-0.05, 0) is 30.3 Å². The lowest BCUT2D eigenvalue weighted by Crippen LogP contribution is -1.84. The number of hydrogen-bond acceptors (Lipinski definition) is 3. The minimum atomic E-state index is -0.692. The third-order valence-electron chi connectivity index (χ3n) is 1.99. The first-order valence-electron chi connectivity index (χ1n) is 4.31. The zero-order valence-corrected chi connectivity index (χ0v) is 7.68. The van der Waals surface area contributed by atoms with Crippen LogP contribution >= 0.6 is 0 Å². The van der Waals surface area contributed by atoms with Crippen molar-refractivity contribution in [2.24, 2.45) is 0 Å². The number of phenolic OH excluding ortho intramolecular Hbond substituents is 1. The van der Waals surface area contributed by atoms with Crippen LogP contribution in [0, 0.1) is 5.82 Å². The summed E-state index contributed by atoms with van der Waals surface area (Å²) in [4.78, 5) is 3.92. The fourth-order valence-corrected chi connectivity index (χ4v) is 1.22. The van der Waals surface area contributed by atoms with E-state index in [0.29, 0.717) is 11.3 Å². The van der Waals surface area contributed by atoms with Gasteiger partial charge in [0.2, 0.25) is 0 Å². The van der Waals surface area contributed by atoms with E-state index in [1.54, 1.807) is 12.1 Å². The molecule has 1 aromatic carbocycles. The lowest BCUT2D eigenvalue weighted by molar-refractivity contribution is 0.432. The molecule has 0 fully saturated rings.